The van der Waals surface area contributed by atoms with Gasteiger partial charge in [-0.05, 0) is 49.4 Å². The van der Waals surface area contributed by atoms with E-state index in [0.29, 0.717) is 23.5 Å². The lowest BCUT2D eigenvalue weighted by molar-refractivity contribution is -0.142. The molecule has 0 aliphatic carbocycles. The maximum Gasteiger partial charge on any atom is 0.373 e. The fourth-order valence-corrected chi connectivity index (χ4v) is 2.30. The molecule has 0 unspecified atom stereocenters. The molecule has 0 spiro atoms. The second-order valence-electron chi connectivity index (χ2n) is 5.75. The molecule has 0 fully saturated rings. The third-order valence-electron chi connectivity index (χ3n) is 3.84. The Morgan fingerprint density at radius 2 is 1.71 bits per heavy atom. The molecular formula is C21H22O7. The van der Waals surface area contributed by atoms with Crippen LogP contribution in [-0.4, -0.2) is 42.3 Å². The summed E-state index contributed by atoms with van der Waals surface area (Å²) in [6, 6.07) is 11.0. The Kier molecular flexibility index (Phi) is 7.45. The van der Waals surface area contributed by atoms with E-state index in [1.165, 1.54) is 32.2 Å². The Morgan fingerprint density at radius 1 is 1.04 bits per heavy atom. The molecule has 7 heteroatoms. The molecule has 2 rings (SSSR count). The van der Waals surface area contributed by atoms with Gasteiger partial charge in [0.2, 0.25) is 0 Å². The van der Waals surface area contributed by atoms with E-state index in [0.717, 1.165) is 0 Å². The molecule has 148 valence electrons. The van der Waals surface area contributed by atoms with Gasteiger partial charge in [0.05, 0.1) is 25.9 Å². The highest BCUT2D eigenvalue weighted by atomic mass is 16.5. The number of methoxy groups -OCH3 is 1. The highest BCUT2D eigenvalue weighted by molar-refractivity contribution is 6.10. The number of allylic oxidation sites excluding steroid dienone is 1. The first-order chi connectivity index (χ1) is 13.5. The van der Waals surface area contributed by atoms with Gasteiger partial charge in [-0.15, -0.1) is 0 Å². The van der Waals surface area contributed by atoms with Crippen molar-refractivity contribution in [2.45, 2.75) is 13.3 Å². The number of aliphatic hydroxyl groups excluding tert-OH is 1. The summed E-state index contributed by atoms with van der Waals surface area (Å²) in [7, 11) is 1.54. The number of aromatic hydroxyl groups is 1. The molecule has 2 N–H and O–H groups in total. The zero-order chi connectivity index (χ0) is 20.5. The largest absolute Gasteiger partial charge is 0.507 e. The zero-order valence-electron chi connectivity index (χ0n) is 15.7. The minimum atomic E-state index is -0.790. The lowest BCUT2D eigenvalue weighted by Crippen LogP contribution is -2.10. The lowest BCUT2D eigenvalue weighted by Gasteiger charge is -2.09. The quantitative estimate of drug-likeness (QED) is 0.224. The summed E-state index contributed by atoms with van der Waals surface area (Å²) in [6.07, 6.45) is 1.65. The van der Waals surface area contributed by atoms with Crippen LogP contribution in [0.4, 0.5) is 0 Å². The van der Waals surface area contributed by atoms with Crippen LogP contribution in [0.3, 0.4) is 0 Å². The molecule has 0 saturated heterocycles. The van der Waals surface area contributed by atoms with Gasteiger partial charge < -0.3 is 24.4 Å². The van der Waals surface area contributed by atoms with Crippen molar-refractivity contribution in [1.29, 1.82) is 0 Å². The van der Waals surface area contributed by atoms with Crippen molar-refractivity contribution < 1.29 is 34.0 Å². The SMILES string of the molecule is CC=C(O)C(=O)OCCCOc1ccc(C(=O)c2ccc(OC)cc2)c(O)c1. The number of carbonyl (C=O) groups is 2. The number of benzene rings is 2. The molecule has 0 bridgehead atoms. The number of phenolic OH excluding ortho intramolecular Hbond substituents is 1. The first-order valence-electron chi connectivity index (χ1n) is 8.63. The zero-order valence-corrected chi connectivity index (χ0v) is 15.7. The average molecular weight is 386 g/mol. The van der Waals surface area contributed by atoms with Gasteiger partial charge in [0, 0.05) is 18.1 Å². The number of ether oxygens (including phenoxy) is 3. The summed E-state index contributed by atoms with van der Waals surface area (Å²) >= 11 is 0. The molecule has 2 aromatic rings. The van der Waals surface area contributed by atoms with Crippen molar-refractivity contribution >= 4 is 11.8 Å². The van der Waals surface area contributed by atoms with Crippen LogP contribution in [0.25, 0.3) is 0 Å². The fraction of sp³-hybridized carbons (Fsp3) is 0.238. The van der Waals surface area contributed by atoms with Crippen molar-refractivity contribution in [1.82, 2.24) is 0 Å². The number of hydrogen-bond donors (Lipinski definition) is 2. The monoisotopic (exact) mass is 386 g/mol. The van der Waals surface area contributed by atoms with Gasteiger partial charge in [-0.1, -0.05) is 0 Å². The van der Waals surface area contributed by atoms with Gasteiger partial charge in [0.15, 0.2) is 11.5 Å². The number of carbonyl (C=O) groups excluding carboxylic acids is 2. The summed E-state index contributed by atoms with van der Waals surface area (Å²) in [6.45, 7) is 1.83. The van der Waals surface area contributed by atoms with Crippen molar-refractivity contribution in [3.05, 3.63) is 65.4 Å². The van der Waals surface area contributed by atoms with Crippen molar-refractivity contribution in [3.63, 3.8) is 0 Å². The molecule has 2 aromatic carbocycles. The lowest BCUT2D eigenvalue weighted by atomic mass is 10.0. The van der Waals surface area contributed by atoms with Gasteiger partial charge in [0.25, 0.3) is 0 Å². The van der Waals surface area contributed by atoms with Crippen LogP contribution in [0.15, 0.2) is 54.3 Å². The molecule has 0 radical (unpaired) electrons. The third-order valence-corrected chi connectivity index (χ3v) is 3.84. The van der Waals surface area contributed by atoms with Crippen LogP contribution in [0.1, 0.15) is 29.3 Å². The first-order valence-corrected chi connectivity index (χ1v) is 8.63. The number of ketones is 1. The standard InChI is InChI=1S/C21H22O7/c1-3-18(22)21(25)28-12-4-11-27-16-9-10-17(19(23)13-16)20(24)14-5-7-15(26-2)8-6-14/h3,5-10,13,22-23H,4,11-12H2,1-2H3. The molecule has 0 saturated carbocycles. The minimum absolute atomic E-state index is 0.0801. The third kappa shape index (κ3) is 5.51. The van der Waals surface area contributed by atoms with E-state index in [9.17, 15) is 14.7 Å². The Hall–Kier alpha value is -3.48. The van der Waals surface area contributed by atoms with Crippen LogP contribution in [0.5, 0.6) is 17.2 Å². The molecule has 0 amide bonds. The molecular weight excluding hydrogens is 364 g/mol. The molecule has 0 aliphatic rings. The number of aliphatic hydroxyl groups is 1. The number of rotatable bonds is 9. The maximum atomic E-state index is 12.5. The van der Waals surface area contributed by atoms with Crippen LogP contribution in [0, 0.1) is 0 Å². The normalized spacial score (nSPS) is 11.0. The van der Waals surface area contributed by atoms with Gasteiger partial charge >= 0.3 is 5.97 Å². The van der Waals surface area contributed by atoms with E-state index in [1.54, 1.807) is 30.3 Å². The fourth-order valence-electron chi connectivity index (χ4n) is 2.30. The smallest absolute Gasteiger partial charge is 0.373 e. The second-order valence-corrected chi connectivity index (χ2v) is 5.75. The topological polar surface area (TPSA) is 102 Å². The number of hydrogen-bond acceptors (Lipinski definition) is 7. The Morgan fingerprint density at radius 3 is 2.32 bits per heavy atom. The first kappa shape index (κ1) is 20.8. The Labute approximate surface area is 162 Å². The van der Waals surface area contributed by atoms with Crippen LogP contribution in [0.2, 0.25) is 0 Å². The van der Waals surface area contributed by atoms with Crippen LogP contribution < -0.4 is 9.47 Å². The predicted molar refractivity (Wildman–Crippen MR) is 102 cm³/mol. The summed E-state index contributed by atoms with van der Waals surface area (Å²) in [5.74, 6) is -0.725. The number of phenols is 1. The summed E-state index contributed by atoms with van der Waals surface area (Å²) < 4.78 is 15.4. The van der Waals surface area contributed by atoms with Crippen LogP contribution in [-0.2, 0) is 9.53 Å². The minimum Gasteiger partial charge on any atom is -0.507 e. The van der Waals surface area contributed by atoms with E-state index < -0.39 is 11.7 Å². The van der Waals surface area contributed by atoms with Crippen molar-refractivity contribution in [3.8, 4) is 17.2 Å². The predicted octanol–water partition coefficient (Wildman–Crippen LogP) is 3.41. The van der Waals surface area contributed by atoms with Gasteiger partial charge in [-0.25, -0.2) is 4.79 Å². The summed E-state index contributed by atoms with van der Waals surface area (Å²) in [5, 5.41) is 19.3. The Bertz CT molecular complexity index is 854. The van der Waals surface area contributed by atoms with Crippen molar-refractivity contribution in [2.24, 2.45) is 0 Å². The van der Waals surface area contributed by atoms with E-state index in [-0.39, 0.29) is 30.3 Å². The Balaban J connectivity index is 1.89. The molecule has 28 heavy (non-hydrogen) atoms. The van der Waals surface area contributed by atoms with E-state index in [1.807, 2.05) is 0 Å². The molecule has 7 nitrogen and oxygen atoms in total. The molecule has 0 aliphatic heterocycles. The summed E-state index contributed by atoms with van der Waals surface area (Å²) in [5.41, 5.74) is 0.587. The molecule has 0 aromatic heterocycles. The molecule has 0 heterocycles. The highest BCUT2D eigenvalue weighted by Gasteiger charge is 2.14. The number of esters is 1. The summed E-state index contributed by atoms with van der Waals surface area (Å²) in [4.78, 5) is 23.8. The second kappa shape index (κ2) is 10.0. The van der Waals surface area contributed by atoms with Gasteiger partial charge in [-0.2, -0.15) is 0 Å². The van der Waals surface area contributed by atoms with Crippen LogP contribution >= 0.6 is 0 Å². The van der Waals surface area contributed by atoms with E-state index >= 15 is 0 Å². The van der Waals surface area contributed by atoms with E-state index in [4.69, 9.17) is 19.3 Å². The average Bonchev–Trinajstić information content (AvgIpc) is 2.72. The van der Waals surface area contributed by atoms with Gasteiger partial charge in [0.1, 0.15) is 17.2 Å². The molecule has 0 atom stereocenters. The maximum absolute atomic E-state index is 12.5. The van der Waals surface area contributed by atoms with E-state index in [2.05, 4.69) is 0 Å². The highest BCUT2D eigenvalue weighted by Crippen LogP contribution is 2.26. The van der Waals surface area contributed by atoms with Crippen molar-refractivity contribution in [2.75, 3.05) is 20.3 Å². The van der Waals surface area contributed by atoms with Gasteiger partial charge in [-0.3, -0.25) is 4.79 Å².